The van der Waals surface area contributed by atoms with Gasteiger partial charge in [-0.25, -0.2) is 4.79 Å². The zero-order valence-electron chi connectivity index (χ0n) is 11.0. The molecule has 0 aromatic rings. The molecule has 3 N–H and O–H groups in total. The molecular weight excluding hydrogens is 236 g/mol. The SMILES string of the molecule is CCCCCCOC(=O)C(CC(N)=O)NC(C)=O. The van der Waals surface area contributed by atoms with Gasteiger partial charge in [-0.2, -0.15) is 0 Å². The van der Waals surface area contributed by atoms with E-state index in [-0.39, 0.29) is 6.42 Å². The summed E-state index contributed by atoms with van der Waals surface area (Å²) in [6.07, 6.45) is 3.72. The van der Waals surface area contributed by atoms with Crippen LogP contribution in [0.2, 0.25) is 0 Å². The molecule has 1 atom stereocenters. The van der Waals surface area contributed by atoms with Crippen LogP contribution in [0, 0.1) is 0 Å². The van der Waals surface area contributed by atoms with E-state index in [0.29, 0.717) is 6.61 Å². The van der Waals surface area contributed by atoms with Gasteiger partial charge in [0, 0.05) is 6.92 Å². The van der Waals surface area contributed by atoms with Crippen molar-refractivity contribution in [1.29, 1.82) is 0 Å². The molecule has 0 fully saturated rings. The lowest BCUT2D eigenvalue weighted by atomic mass is 10.2. The van der Waals surface area contributed by atoms with E-state index in [4.69, 9.17) is 10.5 Å². The third kappa shape index (κ3) is 8.55. The topological polar surface area (TPSA) is 98.5 Å². The maximum atomic E-state index is 11.6. The number of nitrogens with one attached hydrogen (secondary N) is 1. The Bertz CT molecular complexity index is 276. The van der Waals surface area contributed by atoms with E-state index >= 15 is 0 Å². The highest BCUT2D eigenvalue weighted by atomic mass is 16.5. The van der Waals surface area contributed by atoms with E-state index < -0.39 is 23.8 Å². The summed E-state index contributed by atoms with van der Waals surface area (Å²) in [6, 6.07) is -0.980. The number of amides is 2. The molecule has 6 heteroatoms. The van der Waals surface area contributed by atoms with Crippen LogP contribution in [0.15, 0.2) is 0 Å². The molecule has 0 aromatic carbocycles. The summed E-state index contributed by atoms with van der Waals surface area (Å²) in [5.41, 5.74) is 5.00. The Labute approximate surface area is 107 Å². The molecule has 104 valence electrons. The highest BCUT2D eigenvalue weighted by Crippen LogP contribution is 2.01. The minimum atomic E-state index is -0.980. The van der Waals surface area contributed by atoms with Crippen molar-refractivity contribution in [2.45, 2.75) is 52.0 Å². The standard InChI is InChI=1S/C12H22N2O4/c1-3-4-5-6-7-18-12(17)10(8-11(13)16)14-9(2)15/h10H,3-8H2,1-2H3,(H2,13,16)(H,14,15). The van der Waals surface area contributed by atoms with Crippen molar-refractivity contribution in [2.24, 2.45) is 5.73 Å². The zero-order valence-corrected chi connectivity index (χ0v) is 11.0. The van der Waals surface area contributed by atoms with Gasteiger partial charge in [-0.1, -0.05) is 26.2 Å². The lowest BCUT2D eigenvalue weighted by molar-refractivity contribution is -0.149. The van der Waals surface area contributed by atoms with Gasteiger partial charge in [0.25, 0.3) is 0 Å². The molecule has 0 aromatic heterocycles. The first kappa shape index (κ1) is 16.4. The Balaban J connectivity index is 4.04. The molecule has 0 saturated heterocycles. The quantitative estimate of drug-likeness (QED) is 0.464. The van der Waals surface area contributed by atoms with Crippen molar-refractivity contribution in [3.8, 4) is 0 Å². The number of hydrogen-bond donors (Lipinski definition) is 2. The van der Waals surface area contributed by atoms with Gasteiger partial charge in [0.05, 0.1) is 13.0 Å². The fourth-order valence-electron chi connectivity index (χ4n) is 1.44. The second-order valence-corrected chi connectivity index (χ2v) is 4.15. The van der Waals surface area contributed by atoms with E-state index in [1.54, 1.807) is 0 Å². The summed E-state index contributed by atoms with van der Waals surface area (Å²) in [4.78, 5) is 33.3. The number of nitrogens with two attached hydrogens (primary N) is 1. The van der Waals surface area contributed by atoms with Crippen LogP contribution in [0.25, 0.3) is 0 Å². The molecule has 0 rings (SSSR count). The highest BCUT2D eigenvalue weighted by molar-refractivity contribution is 5.88. The molecule has 1 unspecified atom stereocenters. The predicted octanol–water partition coefficient (Wildman–Crippen LogP) is 0.490. The first-order valence-corrected chi connectivity index (χ1v) is 6.19. The number of carbonyl (C=O) groups excluding carboxylic acids is 3. The van der Waals surface area contributed by atoms with Crippen molar-refractivity contribution in [3.63, 3.8) is 0 Å². The van der Waals surface area contributed by atoms with E-state index in [1.807, 2.05) is 0 Å². The lowest BCUT2D eigenvalue weighted by Gasteiger charge is -2.15. The Hall–Kier alpha value is -1.59. The van der Waals surface area contributed by atoms with Crippen LogP contribution in [0.1, 0.15) is 46.0 Å². The maximum absolute atomic E-state index is 11.6. The van der Waals surface area contributed by atoms with Crippen molar-refractivity contribution < 1.29 is 19.1 Å². The van der Waals surface area contributed by atoms with E-state index in [9.17, 15) is 14.4 Å². The van der Waals surface area contributed by atoms with Gasteiger partial charge < -0.3 is 15.8 Å². The van der Waals surface area contributed by atoms with Gasteiger partial charge in [-0.3, -0.25) is 9.59 Å². The Morgan fingerprint density at radius 1 is 1.22 bits per heavy atom. The monoisotopic (exact) mass is 258 g/mol. The molecule has 0 spiro atoms. The average molecular weight is 258 g/mol. The smallest absolute Gasteiger partial charge is 0.329 e. The largest absolute Gasteiger partial charge is 0.464 e. The van der Waals surface area contributed by atoms with E-state index in [2.05, 4.69) is 12.2 Å². The molecule has 6 nitrogen and oxygen atoms in total. The van der Waals surface area contributed by atoms with Crippen molar-refractivity contribution in [1.82, 2.24) is 5.32 Å². The number of hydrogen-bond acceptors (Lipinski definition) is 4. The first-order valence-electron chi connectivity index (χ1n) is 6.19. The Kier molecular flexibility index (Phi) is 8.61. The van der Waals surface area contributed by atoms with Crippen LogP contribution in [-0.4, -0.2) is 30.4 Å². The zero-order chi connectivity index (χ0) is 14.0. The maximum Gasteiger partial charge on any atom is 0.329 e. The average Bonchev–Trinajstić information content (AvgIpc) is 2.26. The minimum absolute atomic E-state index is 0.243. The fraction of sp³-hybridized carbons (Fsp3) is 0.750. The van der Waals surface area contributed by atoms with Crippen molar-refractivity contribution in [2.75, 3.05) is 6.61 Å². The summed E-state index contributed by atoms with van der Waals surface area (Å²) in [7, 11) is 0. The highest BCUT2D eigenvalue weighted by Gasteiger charge is 2.22. The minimum Gasteiger partial charge on any atom is -0.464 e. The molecule has 0 aliphatic rings. The van der Waals surface area contributed by atoms with Gasteiger partial charge in [-0.05, 0) is 6.42 Å². The van der Waals surface area contributed by atoms with Gasteiger partial charge in [0.1, 0.15) is 6.04 Å². The third-order valence-corrected chi connectivity index (χ3v) is 2.31. The molecule has 0 radical (unpaired) electrons. The van der Waals surface area contributed by atoms with Crippen molar-refractivity contribution in [3.05, 3.63) is 0 Å². The Morgan fingerprint density at radius 3 is 2.39 bits per heavy atom. The normalized spacial score (nSPS) is 11.7. The second-order valence-electron chi connectivity index (χ2n) is 4.15. The van der Waals surface area contributed by atoms with Crippen molar-refractivity contribution >= 4 is 17.8 Å². The fourth-order valence-corrected chi connectivity index (χ4v) is 1.44. The summed E-state index contributed by atoms with van der Waals surface area (Å²) in [6.45, 7) is 3.65. The van der Waals surface area contributed by atoms with Crippen LogP contribution in [0.3, 0.4) is 0 Å². The van der Waals surface area contributed by atoms with Crippen LogP contribution in [0.4, 0.5) is 0 Å². The molecule has 0 aliphatic carbocycles. The number of unbranched alkanes of at least 4 members (excludes halogenated alkanes) is 3. The van der Waals surface area contributed by atoms with Crippen LogP contribution < -0.4 is 11.1 Å². The molecule has 2 amide bonds. The number of rotatable bonds is 9. The van der Waals surface area contributed by atoms with Crippen LogP contribution in [-0.2, 0) is 19.1 Å². The predicted molar refractivity (Wildman–Crippen MR) is 66.5 cm³/mol. The molecular formula is C12H22N2O4. The summed E-state index contributed by atoms with van der Waals surface area (Å²) >= 11 is 0. The van der Waals surface area contributed by atoms with Gasteiger partial charge in [-0.15, -0.1) is 0 Å². The van der Waals surface area contributed by atoms with Crippen LogP contribution in [0.5, 0.6) is 0 Å². The molecule has 0 bridgehead atoms. The van der Waals surface area contributed by atoms with Gasteiger partial charge in [0.15, 0.2) is 0 Å². The molecule has 0 heterocycles. The second kappa shape index (κ2) is 9.44. The molecule has 0 aliphatic heterocycles. The number of carbonyl (C=O) groups is 3. The number of esters is 1. The number of ether oxygens (including phenoxy) is 1. The van der Waals surface area contributed by atoms with Crippen LogP contribution >= 0.6 is 0 Å². The third-order valence-electron chi connectivity index (χ3n) is 2.31. The van der Waals surface area contributed by atoms with Gasteiger partial charge >= 0.3 is 5.97 Å². The summed E-state index contributed by atoms with van der Waals surface area (Å²) in [5.74, 6) is -1.67. The lowest BCUT2D eigenvalue weighted by Crippen LogP contribution is -2.43. The summed E-state index contributed by atoms with van der Waals surface area (Å²) in [5, 5.41) is 2.35. The van der Waals surface area contributed by atoms with Gasteiger partial charge in [0.2, 0.25) is 11.8 Å². The van der Waals surface area contributed by atoms with E-state index in [1.165, 1.54) is 6.92 Å². The number of primary amides is 1. The summed E-state index contributed by atoms with van der Waals surface area (Å²) < 4.78 is 4.99. The Morgan fingerprint density at radius 2 is 1.89 bits per heavy atom. The first-order chi connectivity index (χ1) is 8.47. The van der Waals surface area contributed by atoms with E-state index in [0.717, 1.165) is 25.7 Å². The molecule has 0 saturated carbocycles. The molecule has 18 heavy (non-hydrogen) atoms.